The first-order valence-electron chi connectivity index (χ1n) is 9.02. The van der Waals surface area contributed by atoms with Gasteiger partial charge in [0.25, 0.3) is 0 Å². The predicted molar refractivity (Wildman–Crippen MR) is 91.0 cm³/mol. The van der Waals surface area contributed by atoms with Gasteiger partial charge in [0.2, 0.25) is 5.91 Å². The lowest BCUT2D eigenvalue weighted by Gasteiger charge is -2.47. The Morgan fingerprint density at radius 2 is 2.13 bits per heavy atom. The number of imidazole rings is 1. The summed E-state index contributed by atoms with van der Waals surface area (Å²) in [6, 6.07) is 8.09. The van der Waals surface area contributed by atoms with Crippen LogP contribution in [0.15, 0.2) is 24.3 Å². The van der Waals surface area contributed by atoms with Gasteiger partial charge in [-0.1, -0.05) is 31.4 Å². The number of aromatic nitrogens is 2. The van der Waals surface area contributed by atoms with Gasteiger partial charge in [-0.15, -0.1) is 0 Å². The molecule has 4 nitrogen and oxygen atoms in total. The molecule has 1 amide bonds. The SMILES string of the molecule is O=C(NCCCc1nc2ccccc2[nH]1)[C@@H]1C[C@@H]2CCCC[C@@H]21. The lowest BCUT2D eigenvalue weighted by molar-refractivity contribution is -0.135. The molecule has 2 aliphatic rings. The number of H-pyrrole nitrogens is 1. The van der Waals surface area contributed by atoms with Crippen molar-refractivity contribution in [3.05, 3.63) is 30.1 Å². The van der Waals surface area contributed by atoms with Gasteiger partial charge in [0.15, 0.2) is 0 Å². The van der Waals surface area contributed by atoms with Crippen LogP contribution in [0, 0.1) is 17.8 Å². The molecule has 3 atom stereocenters. The monoisotopic (exact) mass is 311 g/mol. The van der Waals surface area contributed by atoms with E-state index in [1.807, 2.05) is 24.3 Å². The molecule has 4 rings (SSSR count). The Morgan fingerprint density at radius 1 is 1.26 bits per heavy atom. The minimum atomic E-state index is 0.290. The minimum Gasteiger partial charge on any atom is -0.356 e. The number of aryl methyl sites for hydroxylation is 1. The van der Waals surface area contributed by atoms with Crippen LogP contribution in [0.3, 0.4) is 0 Å². The molecule has 23 heavy (non-hydrogen) atoms. The number of para-hydroxylation sites is 2. The van der Waals surface area contributed by atoms with Crippen molar-refractivity contribution < 1.29 is 4.79 Å². The molecule has 2 N–H and O–H groups in total. The molecule has 4 heteroatoms. The summed E-state index contributed by atoms with van der Waals surface area (Å²) in [6.07, 6.45) is 8.24. The summed E-state index contributed by atoms with van der Waals surface area (Å²) < 4.78 is 0. The highest BCUT2D eigenvalue weighted by Gasteiger charge is 2.45. The molecule has 1 aromatic carbocycles. The molecule has 0 saturated heterocycles. The number of hydrogen-bond acceptors (Lipinski definition) is 2. The summed E-state index contributed by atoms with van der Waals surface area (Å²) in [5.74, 6) is 3.12. The van der Waals surface area contributed by atoms with Gasteiger partial charge in [-0.3, -0.25) is 4.79 Å². The van der Waals surface area contributed by atoms with Crippen LogP contribution in [0.1, 0.15) is 44.3 Å². The van der Waals surface area contributed by atoms with Crippen molar-refractivity contribution in [2.45, 2.75) is 44.9 Å². The Hall–Kier alpha value is -1.84. The third-order valence-electron chi connectivity index (χ3n) is 5.71. The van der Waals surface area contributed by atoms with E-state index in [2.05, 4.69) is 15.3 Å². The van der Waals surface area contributed by atoms with E-state index in [0.717, 1.165) is 48.6 Å². The topological polar surface area (TPSA) is 57.8 Å². The van der Waals surface area contributed by atoms with Crippen molar-refractivity contribution in [1.29, 1.82) is 0 Å². The van der Waals surface area contributed by atoms with E-state index in [1.54, 1.807) is 0 Å². The van der Waals surface area contributed by atoms with Crippen LogP contribution in [-0.2, 0) is 11.2 Å². The van der Waals surface area contributed by atoms with Crippen LogP contribution in [0.5, 0.6) is 0 Å². The number of aromatic amines is 1. The number of rotatable bonds is 5. The first kappa shape index (κ1) is 14.7. The average molecular weight is 311 g/mol. The highest BCUT2D eigenvalue weighted by Crippen LogP contribution is 2.49. The number of carbonyl (C=O) groups is 1. The molecule has 2 saturated carbocycles. The number of fused-ring (bicyclic) bond motifs is 2. The highest BCUT2D eigenvalue weighted by molar-refractivity contribution is 5.80. The number of carbonyl (C=O) groups excluding carboxylic acids is 1. The van der Waals surface area contributed by atoms with Crippen molar-refractivity contribution in [2.75, 3.05) is 6.54 Å². The van der Waals surface area contributed by atoms with E-state index in [0.29, 0.717) is 11.8 Å². The molecule has 2 fully saturated rings. The fourth-order valence-electron chi connectivity index (χ4n) is 4.39. The molecule has 2 aliphatic carbocycles. The highest BCUT2D eigenvalue weighted by atomic mass is 16.1. The van der Waals surface area contributed by atoms with Crippen LogP contribution in [-0.4, -0.2) is 22.4 Å². The van der Waals surface area contributed by atoms with Gasteiger partial charge in [-0.05, 0) is 43.2 Å². The zero-order valence-electron chi connectivity index (χ0n) is 13.6. The molecular weight excluding hydrogens is 286 g/mol. The van der Waals surface area contributed by atoms with Gasteiger partial charge in [-0.2, -0.15) is 0 Å². The lowest BCUT2D eigenvalue weighted by Crippen LogP contribution is -2.47. The van der Waals surface area contributed by atoms with E-state index >= 15 is 0 Å². The largest absolute Gasteiger partial charge is 0.356 e. The molecule has 122 valence electrons. The Balaban J connectivity index is 1.22. The van der Waals surface area contributed by atoms with Gasteiger partial charge >= 0.3 is 0 Å². The second-order valence-corrected chi connectivity index (χ2v) is 7.15. The summed E-state index contributed by atoms with van der Waals surface area (Å²) in [5, 5.41) is 3.14. The molecule has 0 spiro atoms. The van der Waals surface area contributed by atoms with Crippen molar-refractivity contribution in [3.63, 3.8) is 0 Å². The maximum Gasteiger partial charge on any atom is 0.223 e. The van der Waals surface area contributed by atoms with Gasteiger partial charge in [-0.25, -0.2) is 4.98 Å². The normalized spacial score (nSPS) is 26.5. The zero-order valence-corrected chi connectivity index (χ0v) is 13.6. The molecule has 0 bridgehead atoms. The minimum absolute atomic E-state index is 0.290. The van der Waals surface area contributed by atoms with Gasteiger partial charge in [0, 0.05) is 18.9 Å². The summed E-state index contributed by atoms with van der Waals surface area (Å²) in [7, 11) is 0. The third-order valence-corrected chi connectivity index (χ3v) is 5.71. The predicted octanol–water partition coefficient (Wildman–Crippen LogP) is 3.44. The second-order valence-electron chi connectivity index (χ2n) is 7.15. The fraction of sp³-hybridized carbons (Fsp3) is 0.579. The van der Waals surface area contributed by atoms with Crippen LogP contribution in [0.4, 0.5) is 0 Å². The van der Waals surface area contributed by atoms with E-state index in [-0.39, 0.29) is 5.91 Å². The number of amides is 1. The standard InChI is InChI=1S/C19H25N3O/c23-19(15-12-13-6-1-2-7-14(13)15)20-11-5-10-18-21-16-8-3-4-9-17(16)22-18/h3-4,8-9,13-15H,1-2,5-7,10-12H2,(H,20,23)(H,21,22)/t13-,14-,15+/m0/s1. The van der Waals surface area contributed by atoms with E-state index in [1.165, 1.54) is 25.7 Å². The maximum atomic E-state index is 12.3. The van der Waals surface area contributed by atoms with Crippen LogP contribution < -0.4 is 5.32 Å². The molecule has 0 aliphatic heterocycles. The van der Waals surface area contributed by atoms with Crippen molar-refractivity contribution in [3.8, 4) is 0 Å². The van der Waals surface area contributed by atoms with Crippen molar-refractivity contribution in [1.82, 2.24) is 15.3 Å². The Labute approximate surface area is 137 Å². The smallest absolute Gasteiger partial charge is 0.223 e. The molecular formula is C19H25N3O. The molecule has 0 unspecified atom stereocenters. The lowest BCUT2D eigenvalue weighted by atomic mass is 9.58. The fourth-order valence-corrected chi connectivity index (χ4v) is 4.39. The van der Waals surface area contributed by atoms with Crippen LogP contribution in [0.2, 0.25) is 0 Å². The number of hydrogen-bond donors (Lipinski definition) is 2. The van der Waals surface area contributed by atoms with E-state index in [9.17, 15) is 4.79 Å². The van der Waals surface area contributed by atoms with E-state index in [4.69, 9.17) is 0 Å². The first-order chi connectivity index (χ1) is 11.3. The summed E-state index contributed by atoms with van der Waals surface area (Å²) in [4.78, 5) is 20.2. The van der Waals surface area contributed by atoms with Crippen LogP contribution in [0.25, 0.3) is 11.0 Å². The summed E-state index contributed by atoms with van der Waals surface area (Å²) >= 11 is 0. The second kappa shape index (κ2) is 6.34. The van der Waals surface area contributed by atoms with Crippen molar-refractivity contribution in [2.24, 2.45) is 17.8 Å². The molecule has 1 heterocycles. The van der Waals surface area contributed by atoms with Crippen LogP contribution >= 0.6 is 0 Å². The Bertz CT molecular complexity index is 660. The number of nitrogens with zero attached hydrogens (tertiary/aromatic N) is 1. The third kappa shape index (κ3) is 2.99. The maximum absolute atomic E-state index is 12.3. The summed E-state index contributed by atoms with van der Waals surface area (Å²) in [6.45, 7) is 0.754. The zero-order chi connectivity index (χ0) is 15.6. The van der Waals surface area contributed by atoms with Gasteiger partial charge in [0.05, 0.1) is 11.0 Å². The Kier molecular flexibility index (Phi) is 4.06. The van der Waals surface area contributed by atoms with E-state index < -0.39 is 0 Å². The number of nitrogens with one attached hydrogen (secondary N) is 2. The van der Waals surface area contributed by atoms with Gasteiger partial charge < -0.3 is 10.3 Å². The van der Waals surface area contributed by atoms with Crippen molar-refractivity contribution >= 4 is 16.9 Å². The summed E-state index contributed by atoms with van der Waals surface area (Å²) in [5.41, 5.74) is 2.11. The molecule has 0 radical (unpaired) electrons. The number of benzene rings is 1. The first-order valence-corrected chi connectivity index (χ1v) is 9.02. The average Bonchev–Trinajstić information content (AvgIpc) is 2.95. The Morgan fingerprint density at radius 3 is 3.00 bits per heavy atom. The molecule has 1 aromatic heterocycles. The molecule has 2 aromatic rings. The van der Waals surface area contributed by atoms with Gasteiger partial charge in [0.1, 0.15) is 5.82 Å². The quantitative estimate of drug-likeness (QED) is 0.831.